The van der Waals surface area contributed by atoms with Gasteiger partial charge in [-0.1, -0.05) is 6.58 Å². The third-order valence-corrected chi connectivity index (χ3v) is 2.97. The largest absolute Gasteiger partial charge is 0.490 e. The molecule has 0 bridgehead atoms. The molecule has 1 atom stereocenters. The van der Waals surface area contributed by atoms with E-state index in [1.54, 1.807) is 20.4 Å². The molecule has 3 heteroatoms. The van der Waals surface area contributed by atoms with Gasteiger partial charge in [0.25, 0.3) is 0 Å². The first-order chi connectivity index (χ1) is 7.52. The van der Waals surface area contributed by atoms with E-state index in [0.717, 1.165) is 29.7 Å². The molecule has 0 radical (unpaired) electrons. The van der Waals surface area contributed by atoms with Gasteiger partial charge >= 0.3 is 0 Å². The van der Waals surface area contributed by atoms with Crippen molar-refractivity contribution in [3.8, 4) is 0 Å². The number of aliphatic imine (C=N–C) groups is 1. The maximum absolute atomic E-state index is 5.80. The van der Waals surface area contributed by atoms with Crippen LogP contribution < -0.4 is 0 Å². The molecule has 90 valence electrons. The van der Waals surface area contributed by atoms with Gasteiger partial charge in [0.2, 0.25) is 0 Å². The summed E-state index contributed by atoms with van der Waals surface area (Å²) in [5.74, 6) is 0.867. The molecular formula is C13H21NO2. The zero-order valence-corrected chi connectivity index (χ0v) is 10.7. The van der Waals surface area contributed by atoms with Crippen molar-refractivity contribution in [3.63, 3.8) is 0 Å². The lowest BCUT2D eigenvalue weighted by atomic mass is 9.98. The number of rotatable bonds is 2. The molecule has 3 nitrogen and oxygen atoms in total. The molecule has 1 aliphatic heterocycles. The molecular weight excluding hydrogens is 202 g/mol. The van der Waals surface area contributed by atoms with Crippen molar-refractivity contribution in [2.45, 2.75) is 32.3 Å². The molecule has 0 aromatic carbocycles. The minimum Gasteiger partial charge on any atom is -0.490 e. The summed E-state index contributed by atoms with van der Waals surface area (Å²) < 4.78 is 11.3. The van der Waals surface area contributed by atoms with Crippen molar-refractivity contribution in [2.75, 3.05) is 20.8 Å². The van der Waals surface area contributed by atoms with E-state index in [2.05, 4.69) is 18.5 Å². The number of methoxy groups -OCH3 is 1. The fraction of sp³-hybridized carbons (Fsp3) is 0.615. The van der Waals surface area contributed by atoms with Crippen LogP contribution in [0.4, 0.5) is 0 Å². The molecule has 16 heavy (non-hydrogen) atoms. The first-order valence-corrected chi connectivity index (χ1v) is 5.51. The van der Waals surface area contributed by atoms with Crippen LogP contribution >= 0.6 is 0 Å². The minimum atomic E-state index is -0.214. The van der Waals surface area contributed by atoms with Crippen LogP contribution in [0.25, 0.3) is 0 Å². The number of ether oxygens (including phenoxy) is 2. The Morgan fingerprint density at radius 1 is 1.62 bits per heavy atom. The molecule has 0 amide bonds. The van der Waals surface area contributed by atoms with Crippen LogP contribution in [0.3, 0.4) is 0 Å². The first kappa shape index (κ1) is 13.0. The topological polar surface area (TPSA) is 30.8 Å². The fourth-order valence-corrected chi connectivity index (χ4v) is 1.73. The van der Waals surface area contributed by atoms with Gasteiger partial charge in [-0.3, -0.25) is 4.99 Å². The standard InChI is InChI=1S/C13H21NO2/c1-10-6-7-13(3,15-5)9-16-12(10)11(2)8-14-4/h8H,1,6-7,9H2,2-5H3/b12-11+,14-8-. The number of nitrogens with zero attached hydrogens (tertiary/aromatic N) is 1. The van der Waals surface area contributed by atoms with Crippen molar-refractivity contribution in [2.24, 2.45) is 4.99 Å². The van der Waals surface area contributed by atoms with Crippen molar-refractivity contribution in [1.82, 2.24) is 0 Å². The van der Waals surface area contributed by atoms with E-state index < -0.39 is 0 Å². The van der Waals surface area contributed by atoms with Crippen molar-refractivity contribution >= 4 is 6.21 Å². The molecule has 0 spiro atoms. The smallest absolute Gasteiger partial charge is 0.126 e. The molecule has 1 rings (SSSR count). The summed E-state index contributed by atoms with van der Waals surface area (Å²) in [4.78, 5) is 4.00. The summed E-state index contributed by atoms with van der Waals surface area (Å²) >= 11 is 0. The van der Waals surface area contributed by atoms with Crippen LogP contribution in [0, 0.1) is 0 Å². The lowest BCUT2D eigenvalue weighted by molar-refractivity contribution is -0.0441. The third-order valence-electron chi connectivity index (χ3n) is 2.97. The van der Waals surface area contributed by atoms with Crippen LogP contribution in [-0.2, 0) is 9.47 Å². The highest BCUT2D eigenvalue weighted by molar-refractivity contribution is 5.79. The lowest BCUT2D eigenvalue weighted by Gasteiger charge is -2.25. The Bertz CT molecular complexity index is 331. The summed E-state index contributed by atoms with van der Waals surface area (Å²) in [5.41, 5.74) is 1.83. The second-order valence-corrected chi connectivity index (χ2v) is 4.45. The Labute approximate surface area is 97.9 Å². The predicted molar refractivity (Wildman–Crippen MR) is 66.9 cm³/mol. The van der Waals surface area contributed by atoms with Gasteiger partial charge in [-0.05, 0) is 32.3 Å². The Morgan fingerprint density at radius 2 is 2.31 bits per heavy atom. The molecule has 1 fully saturated rings. The zero-order valence-electron chi connectivity index (χ0n) is 10.7. The quantitative estimate of drug-likeness (QED) is 0.674. The molecule has 0 aliphatic carbocycles. The van der Waals surface area contributed by atoms with Gasteiger partial charge in [0.15, 0.2) is 0 Å². The van der Waals surface area contributed by atoms with E-state index in [1.807, 2.05) is 6.92 Å². The van der Waals surface area contributed by atoms with Crippen LogP contribution in [0.1, 0.15) is 26.7 Å². The number of allylic oxidation sites excluding steroid dienone is 2. The maximum Gasteiger partial charge on any atom is 0.126 e. The van der Waals surface area contributed by atoms with Gasteiger partial charge in [0.05, 0.1) is 5.60 Å². The average molecular weight is 223 g/mol. The second kappa shape index (κ2) is 5.30. The summed E-state index contributed by atoms with van der Waals surface area (Å²) in [6, 6.07) is 0. The molecule has 0 saturated carbocycles. The van der Waals surface area contributed by atoms with E-state index in [1.165, 1.54) is 0 Å². The molecule has 0 aromatic heterocycles. The monoisotopic (exact) mass is 223 g/mol. The molecule has 0 aromatic rings. The van der Waals surface area contributed by atoms with E-state index in [9.17, 15) is 0 Å². The molecule has 1 unspecified atom stereocenters. The summed E-state index contributed by atoms with van der Waals surface area (Å²) in [6.45, 7) is 8.67. The van der Waals surface area contributed by atoms with Crippen molar-refractivity contribution in [1.29, 1.82) is 0 Å². The fourth-order valence-electron chi connectivity index (χ4n) is 1.73. The van der Waals surface area contributed by atoms with Gasteiger partial charge in [-0.25, -0.2) is 0 Å². The van der Waals surface area contributed by atoms with Crippen molar-refractivity contribution < 1.29 is 9.47 Å². The average Bonchev–Trinajstić information content (AvgIpc) is 2.41. The van der Waals surface area contributed by atoms with Gasteiger partial charge in [-0.2, -0.15) is 0 Å². The normalized spacial score (nSPS) is 30.1. The molecule has 1 aliphatic rings. The van der Waals surface area contributed by atoms with Gasteiger partial charge in [-0.15, -0.1) is 0 Å². The Balaban J connectivity index is 2.91. The molecule has 1 heterocycles. The van der Waals surface area contributed by atoms with E-state index in [4.69, 9.17) is 9.47 Å². The Kier molecular flexibility index (Phi) is 4.30. The van der Waals surface area contributed by atoms with E-state index in [0.29, 0.717) is 6.61 Å². The lowest BCUT2D eigenvalue weighted by Crippen LogP contribution is -2.31. The SMILES string of the molecule is C=C1CCC(C)(OC)CO/C1=C(C)/C=N\C. The highest BCUT2D eigenvalue weighted by Crippen LogP contribution is 2.30. The van der Waals surface area contributed by atoms with Gasteiger partial charge in [0.1, 0.15) is 12.4 Å². The molecule has 0 N–H and O–H groups in total. The predicted octanol–water partition coefficient (Wildman–Crippen LogP) is 2.73. The summed E-state index contributed by atoms with van der Waals surface area (Å²) in [5, 5.41) is 0. The van der Waals surface area contributed by atoms with Crippen LogP contribution in [0.5, 0.6) is 0 Å². The zero-order chi connectivity index (χ0) is 12.2. The molecule has 1 saturated heterocycles. The van der Waals surface area contributed by atoms with E-state index in [-0.39, 0.29) is 5.60 Å². The van der Waals surface area contributed by atoms with Gasteiger partial charge in [0, 0.05) is 25.9 Å². The Morgan fingerprint density at radius 3 is 2.88 bits per heavy atom. The van der Waals surface area contributed by atoms with Gasteiger partial charge < -0.3 is 9.47 Å². The first-order valence-electron chi connectivity index (χ1n) is 5.51. The second-order valence-electron chi connectivity index (χ2n) is 4.45. The maximum atomic E-state index is 5.80. The number of hydrogen-bond donors (Lipinski definition) is 0. The van der Waals surface area contributed by atoms with Crippen molar-refractivity contribution in [3.05, 3.63) is 23.5 Å². The van der Waals surface area contributed by atoms with E-state index >= 15 is 0 Å². The summed E-state index contributed by atoms with van der Waals surface area (Å²) in [6.07, 6.45) is 3.63. The highest BCUT2D eigenvalue weighted by Gasteiger charge is 2.29. The van der Waals surface area contributed by atoms with Crippen LogP contribution in [0.15, 0.2) is 28.5 Å². The highest BCUT2D eigenvalue weighted by atomic mass is 16.5. The summed E-state index contributed by atoms with van der Waals surface area (Å²) in [7, 11) is 3.48. The van der Waals surface area contributed by atoms with Crippen LogP contribution in [-0.4, -0.2) is 32.6 Å². The third kappa shape index (κ3) is 2.95. The minimum absolute atomic E-state index is 0.214. The van der Waals surface area contributed by atoms with Crippen LogP contribution in [0.2, 0.25) is 0 Å². The number of hydrogen-bond acceptors (Lipinski definition) is 3. The Hall–Kier alpha value is -1.09.